The van der Waals surface area contributed by atoms with Crippen LogP contribution < -0.4 is 10.2 Å². The molecule has 1 saturated heterocycles. The highest BCUT2D eigenvalue weighted by Crippen LogP contribution is 2.22. The molecule has 0 bridgehead atoms. The number of carbonyl (C=O) groups excluding carboxylic acids is 1. The van der Waals surface area contributed by atoms with Crippen molar-refractivity contribution in [1.82, 2.24) is 10.2 Å². The molecule has 0 unspecified atom stereocenters. The number of nitrogens with zero attached hydrogens (tertiary/aromatic N) is 3. The van der Waals surface area contributed by atoms with Crippen LogP contribution in [0.15, 0.2) is 48.7 Å². The molecule has 5 heteroatoms. The van der Waals surface area contributed by atoms with Gasteiger partial charge in [-0.3, -0.25) is 4.79 Å². The third-order valence-electron chi connectivity index (χ3n) is 3.72. The van der Waals surface area contributed by atoms with Crippen molar-refractivity contribution in [2.24, 2.45) is 5.92 Å². The van der Waals surface area contributed by atoms with Crippen molar-refractivity contribution in [1.29, 1.82) is 0 Å². The van der Waals surface area contributed by atoms with Crippen molar-refractivity contribution in [3.05, 3.63) is 48.7 Å². The topological polar surface area (TPSA) is 58.1 Å². The lowest BCUT2D eigenvalue weighted by Gasteiger charge is -2.32. The lowest BCUT2D eigenvalue weighted by Crippen LogP contribution is -2.41. The summed E-state index contributed by atoms with van der Waals surface area (Å²) in [5.74, 6) is 0.908. The minimum Gasteiger partial charge on any atom is -0.354 e. The van der Waals surface area contributed by atoms with Gasteiger partial charge in [-0.05, 0) is 37.1 Å². The molecule has 1 fully saturated rings. The highest BCUT2D eigenvalue weighted by molar-refractivity contribution is 5.93. The number of amides is 1. The van der Waals surface area contributed by atoms with Gasteiger partial charge in [0.2, 0.25) is 5.91 Å². The van der Waals surface area contributed by atoms with Crippen LogP contribution in [-0.4, -0.2) is 29.2 Å². The number of aromatic nitrogens is 2. The number of nitrogens with one attached hydrogen (secondary N) is 1. The van der Waals surface area contributed by atoms with E-state index >= 15 is 0 Å². The van der Waals surface area contributed by atoms with Gasteiger partial charge in [-0.1, -0.05) is 18.2 Å². The summed E-state index contributed by atoms with van der Waals surface area (Å²) < 4.78 is 0. The molecule has 5 nitrogen and oxygen atoms in total. The first-order chi connectivity index (χ1) is 10.3. The second-order valence-electron chi connectivity index (χ2n) is 5.22. The van der Waals surface area contributed by atoms with E-state index in [9.17, 15) is 4.79 Å². The molecule has 1 atom stereocenters. The summed E-state index contributed by atoms with van der Waals surface area (Å²) in [6.07, 6.45) is 3.56. The van der Waals surface area contributed by atoms with E-state index in [1.54, 1.807) is 6.20 Å². The summed E-state index contributed by atoms with van der Waals surface area (Å²) in [4.78, 5) is 14.5. The van der Waals surface area contributed by atoms with Crippen LogP contribution in [0.25, 0.3) is 0 Å². The Bertz CT molecular complexity index is 588. The van der Waals surface area contributed by atoms with Crippen molar-refractivity contribution in [2.75, 3.05) is 23.3 Å². The van der Waals surface area contributed by atoms with Gasteiger partial charge >= 0.3 is 0 Å². The fourth-order valence-corrected chi connectivity index (χ4v) is 2.63. The van der Waals surface area contributed by atoms with Gasteiger partial charge in [0, 0.05) is 25.0 Å². The molecule has 1 amide bonds. The molecule has 1 aliphatic rings. The van der Waals surface area contributed by atoms with E-state index in [0.717, 1.165) is 30.9 Å². The Morgan fingerprint density at radius 2 is 2.05 bits per heavy atom. The monoisotopic (exact) mass is 282 g/mol. The van der Waals surface area contributed by atoms with Crippen LogP contribution in [0.5, 0.6) is 0 Å². The Morgan fingerprint density at radius 1 is 1.19 bits per heavy atom. The second kappa shape index (κ2) is 6.35. The Kier molecular flexibility index (Phi) is 4.09. The minimum absolute atomic E-state index is 0.0130. The first-order valence-electron chi connectivity index (χ1n) is 7.21. The van der Waals surface area contributed by atoms with Crippen molar-refractivity contribution >= 4 is 17.4 Å². The third kappa shape index (κ3) is 3.37. The smallest absolute Gasteiger partial charge is 0.229 e. The standard InChI is InChI=1S/C16H18N4O/c21-16(18-14-7-2-1-3-8-14)13-6-5-11-20(12-13)15-9-4-10-17-19-15/h1-4,7-10,13H,5-6,11-12H2,(H,18,21)/t13-/m0/s1. The van der Waals surface area contributed by atoms with Crippen LogP contribution in [0.3, 0.4) is 0 Å². The van der Waals surface area contributed by atoms with Crippen LogP contribution in [-0.2, 0) is 4.79 Å². The van der Waals surface area contributed by atoms with Crippen LogP contribution in [0.1, 0.15) is 12.8 Å². The zero-order valence-electron chi connectivity index (χ0n) is 11.8. The number of hydrogen-bond donors (Lipinski definition) is 1. The third-order valence-corrected chi connectivity index (χ3v) is 3.72. The van der Waals surface area contributed by atoms with E-state index in [0.29, 0.717) is 6.54 Å². The van der Waals surface area contributed by atoms with E-state index in [1.165, 1.54) is 0 Å². The van der Waals surface area contributed by atoms with Gasteiger partial charge in [0.25, 0.3) is 0 Å². The van der Waals surface area contributed by atoms with Gasteiger partial charge in [0.15, 0.2) is 5.82 Å². The molecule has 0 aliphatic carbocycles. The number of hydrogen-bond acceptors (Lipinski definition) is 4. The SMILES string of the molecule is O=C(Nc1ccccc1)[C@H]1CCCN(c2cccnn2)C1. The number of benzene rings is 1. The maximum Gasteiger partial charge on any atom is 0.229 e. The molecular formula is C16H18N4O. The molecule has 1 N–H and O–H groups in total. The number of anilines is 2. The van der Waals surface area contributed by atoms with E-state index in [-0.39, 0.29) is 11.8 Å². The van der Waals surface area contributed by atoms with Crippen molar-refractivity contribution in [3.63, 3.8) is 0 Å². The predicted molar refractivity (Wildman–Crippen MR) is 82.0 cm³/mol. The van der Waals surface area contributed by atoms with Crippen LogP contribution >= 0.6 is 0 Å². The largest absolute Gasteiger partial charge is 0.354 e. The Hall–Kier alpha value is -2.43. The molecule has 0 spiro atoms. The summed E-state index contributed by atoms with van der Waals surface area (Å²) in [5, 5.41) is 11.0. The maximum atomic E-state index is 12.4. The number of carbonyl (C=O) groups is 1. The lowest BCUT2D eigenvalue weighted by atomic mass is 9.97. The molecule has 0 radical (unpaired) electrons. The van der Waals surface area contributed by atoms with Gasteiger partial charge in [-0.25, -0.2) is 0 Å². The number of para-hydroxylation sites is 1. The van der Waals surface area contributed by atoms with Crippen LogP contribution in [0, 0.1) is 5.92 Å². The van der Waals surface area contributed by atoms with Crippen molar-refractivity contribution in [3.8, 4) is 0 Å². The molecule has 3 rings (SSSR count). The Morgan fingerprint density at radius 3 is 2.81 bits per heavy atom. The number of piperidine rings is 1. The summed E-state index contributed by atoms with van der Waals surface area (Å²) in [5.41, 5.74) is 0.846. The first kappa shape index (κ1) is 13.5. The van der Waals surface area contributed by atoms with Gasteiger partial charge in [0.05, 0.1) is 5.92 Å². The molecule has 108 valence electrons. The molecule has 1 aromatic heterocycles. The van der Waals surface area contributed by atoms with Crippen molar-refractivity contribution in [2.45, 2.75) is 12.8 Å². The zero-order valence-corrected chi connectivity index (χ0v) is 11.8. The average Bonchev–Trinajstić information content (AvgIpc) is 2.57. The first-order valence-corrected chi connectivity index (χ1v) is 7.21. The minimum atomic E-state index is -0.0130. The summed E-state index contributed by atoms with van der Waals surface area (Å²) in [6.45, 7) is 1.62. The zero-order chi connectivity index (χ0) is 14.5. The summed E-state index contributed by atoms with van der Waals surface area (Å²) in [7, 11) is 0. The molecule has 1 aliphatic heterocycles. The summed E-state index contributed by atoms with van der Waals surface area (Å²) in [6, 6.07) is 13.4. The average molecular weight is 282 g/mol. The maximum absolute atomic E-state index is 12.4. The highest BCUT2D eigenvalue weighted by atomic mass is 16.1. The van der Waals surface area contributed by atoms with Crippen LogP contribution in [0.4, 0.5) is 11.5 Å². The Balaban J connectivity index is 1.64. The van der Waals surface area contributed by atoms with Crippen molar-refractivity contribution < 1.29 is 4.79 Å². The fourth-order valence-electron chi connectivity index (χ4n) is 2.63. The molecule has 2 heterocycles. The normalized spacial score (nSPS) is 18.3. The van der Waals surface area contributed by atoms with E-state index in [4.69, 9.17) is 0 Å². The fraction of sp³-hybridized carbons (Fsp3) is 0.312. The Labute approximate surface area is 124 Å². The van der Waals surface area contributed by atoms with Gasteiger partial charge in [-0.2, -0.15) is 5.10 Å². The van der Waals surface area contributed by atoms with E-state index in [1.807, 2.05) is 42.5 Å². The summed E-state index contributed by atoms with van der Waals surface area (Å²) >= 11 is 0. The van der Waals surface area contributed by atoms with Gasteiger partial charge in [0.1, 0.15) is 0 Å². The van der Waals surface area contributed by atoms with Crippen LogP contribution in [0.2, 0.25) is 0 Å². The van der Waals surface area contributed by atoms with E-state index < -0.39 is 0 Å². The molecule has 1 aromatic carbocycles. The second-order valence-corrected chi connectivity index (χ2v) is 5.22. The highest BCUT2D eigenvalue weighted by Gasteiger charge is 2.26. The van der Waals surface area contributed by atoms with E-state index in [2.05, 4.69) is 20.4 Å². The lowest BCUT2D eigenvalue weighted by molar-refractivity contribution is -0.120. The molecule has 2 aromatic rings. The van der Waals surface area contributed by atoms with Gasteiger partial charge < -0.3 is 10.2 Å². The quantitative estimate of drug-likeness (QED) is 0.938. The molecule has 21 heavy (non-hydrogen) atoms. The predicted octanol–water partition coefficient (Wildman–Crippen LogP) is 2.33. The molecule has 0 saturated carbocycles. The molecular weight excluding hydrogens is 264 g/mol. The number of rotatable bonds is 3. The van der Waals surface area contributed by atoms with Gasteiger partial charge in [-0.15, -0.1) is 5.10 Å².